The van der Waals surface area contributed by atoms with Gasteiger partial charge in [-0.05, 0) is 43.1 Å². The Kier molecular flexibility index (Phi) is 5.01. The van der Waals surface area contributed by atoms with Crippen molar-refractivity contribution in [2.75, 3.05) is 18.4 Å². The van der Waals surface area contributed by atoms with Gasteiger partial charge < -0.3 is 9.73 Å². The number of hydrogen-bond donors (Lipinski definition) is 1. The molecule has 1 aliphatic heterocycles. The van der Waals surface area contributed by atoms with E-state index >= 15 is 0 Å². The number of rotatable bonds is 6. The number of likely N-dealkylation sites (tertiary alicyclic amines) is 1. The Morgan fingerprint density at radius 1 is 1.07 bits per heavy atom. The minimum Gasteiger partial charge on any atom is -0.472 e. The zero-order chi connectivity index (χ0) is 19.5. The number of nitrogens with one attached hydrogen (secondary N) is 1. The fourth-order valence-electron chi connectivity index (χ4n) is 4.03. The van der Waals surface area contributed by atoms with Crippen LogP contribution in [0.3, 0.4) is 0 Å². The topological polar surface area (TPSA) is 58.6 Å². The summed E-state index contributed by atoms with van der Waals surface area (Å²) in [6, 6.07) is 16.5. The number of pyridine rings is 1. The highest BCUT2D eigenvalue weighted by Gasteiger charge is 2.25. The Hall–Kier alpha value is -3.12. The molecule has 0 amide bonds. The van der Waals surface area contributed by atoms with Gasteiger partial charge in [0.05, 0.1) is 24.4 Å². The van der Waals surface area contributed by atoms with Crippen molar-refractivity contribution in [1.82, 2.24) is 19.5 Å². The maximum Gasteiger partial charge on any atom is 0.156 e. The number of nitrogens with zero attached hydrogens (tertiary/aromatic N) is 4. The third-order valence-electron chi connectivity index (χ3n) is 5.54. The van der Waals surface area contributed by atoms with Crippen LogP contribution in [-0.2, 0) is 13.1 Å². The second-order valence-electron chi connectivity index (χ2n) is 7.74. The van der Waals surface area contributed by atoms with Gasteiger partial charge in [-0.3, -0.25) is 4.90 Å². The summed E-state index contributed by atoms with van der Waals surface area (Å²) in [6.45, 7) is 3.82. The van der Waals surface area contributed by atoms with E-state index in [0.717, 1.165) is 49.8 Å². The number of anilines is 1. The third kappa shape index (κ3) is 4.17. The van der Waals surface area contributed by atoms with E-state index in [1.807, 2.05) is 35.2 Å². The van der Waals surface area contributed by atoms with E-state index in [2.05, 4.69) is 40.5 Å². The first kappa shape index (κ1) is 17.9. The largest absolute Gasteiger partial charge is 0.472 e. The highest BCUT2D eigenvalue weighted by molar-refractivity contribution is 5.49. The average molecular weight is 387 g/mol. The fraction of sp³-hybridized carbons (Fsp3) is 0.304. The first-order chi connectivity index (χ1) is 14.3. The third-order valence-corrected chi connectivity index (χ3v) is 5.54. The molecule has 6 nitrogen and oxygen atoms in total. The van der Waals surface area contributed by atoms with Gasteiger partial charge in [0.1, 0.15) is 0 Å². The average Bonchev–Trinajstić information content (AvgIpc) is 3.42. The van der Waals surface area contributed by atoms with E-state index in [4.69, 9.17) is 14.5 Å². The molecule has 3 aromatic heterocycles. The van der Waals surface area contributed by atoms with E-state index in [1.54, 1.807) is 6.26 Å². The maximum absolute atomic E-state index is 5.21. The van der Waals surface area contributed by atoms with Crippen molar-refractivity contribution in [2.24, 2.45) is 0 Å². The van der Waals surface area contributed by atoms with Gasteiger partial charge in [-0.2, -0.15) is 5.10 Å². The van der Waals surface area contributed by atoms with Crippen LogP contribution < -0.4 is 5.32 Å². The Morgan fingerprint density at radius 3 is 2.86 bits per heavy atom. The second kappa shape index (κ2) is 8.09. The van der Waals surface area contributed by atoms with Crippen molar-refractivity contribution in [3.63, 3.8) is 0 Å². The molecule has 1 saturated heterocycles. The molecule has 0 bridgehead atoms. The fourth-order valence-corrected chi connectivity index (χ4v) is 4.03. The van der Waals surface area contributed by atoms with Crippen LogP contribution in [0.25, 0.3) is 5.65 Å². The molecule has 0 spiro atoms. The summed E-state index contributed by atoms with van der Waals surface area (Å²) in [5.41, 5.74) is 4.43. The summed E-state index contributed by atoms with van der Waals surface area (Å²) >= 11 is 0. The predicted molar refractivity (Wildman–Crippen MR) is 113 cm³/mol. The van der Waals surface area contributed by atoms with Crippen LogP contribution in [0, 0.1) is 0 Å². The Labute approximate surface area is 170 Å². The highest BCUT2D eigenvalue weighted by atomic mass is 16.3. The molecule has 4 aromatic rings. The van der Waals surface area contributed by atoms with Crippen LogP contribution >= 0.6 is 0 Å². The van der Waals surface area contributed by atoms with Gasteiger partial charge in [-0.1, -0.05) is 30.3 Å². The first-order valence-electron chi connectivity index (χ1n) is 10.2. The van der Waals surface area contributed by atoms with Crippen LogP contribution in [-0.4, -0.2) is 32.6 Å². The van der Waals surface area contributed by atoms with Gasteiger partial charge in [0.25, 0.3) is 0 Å². The molecule has 1 unspecified atom stereocenters. The summed E-state index contributed by atoms with van der Waals surface area (Å²) in [5, 5.41) is 8.27. The molecule has 0 radical (unpaired) electrons. The maximum atomic E-state index is 5.21. The molecule has 6 heteroatoms. The lowest BCUT2D eigenvalue weighted by Gasteiger charge is -2.30. The first-order valence-corrected chi connectivity index (χ1v) is 10.2. The van der Waals surface area contributed by atoms with E-state index < -0.39 is 0 Å². The van der Waals surface area contributed by atoms with Crippen molar-refractivity contribution < 1.29 is 4.42 Å². The minimum absolute atomic E-state index is 0.372. The van der Waals surface area contributed by atoms with Gasteiger partial charge in [0.15, 0.2) is 11.5 Å². The lowest BCUT2D eigenvalue weighted by atomic mass is 9.97. The smallest absolute Gasteiger partial charge is 0.156 e. The standard InChI is InChI=1S/C23H25N5O/c1-2-5-18(6-3-1)13-24-21-8-9-22-25-23(26-28(22)16-21)20-7-4-11-27(15-20)14-19-10-12-29-17-19/h1-3,5-6,8-10,12,16-17,20,24H,4,7,11,13-15H2. The SMILES string of the molecule is c1ccc(CNc2ccc3nc(C4CCCN(Cc5ccoc5)C4)nn3c2)cc1. The summed E-state index contributed by atoms with van der Waals surface area (Å²) < 4.78 is 7.11. The zero-order valence-electron chi connectivity index (χ0n) is 16.4. The van der Waals surface area contributed by atoms with Crippen LogP contribution in [0.15, 0.2) is 71.7 Å². The van der Waals surface area contributed by atoms with Crippen molar-refractivity contribution in [3.05, 3.63) is 84.2 Å². The number of fused-ring (bicyclic) bond motifs is 1. The molecular formula is C23H25N5O. The van der Waals surface area contributed by atoms with Crippen LogP contribution in [0.2, 0.25) is 0 Å². The molecule has 148 valence electrons. The quantitative estimate of drug-likeness (QED) is 0.534. The normalized spacial score (nSPS) is 17.6. The summed E-state index contributed by atoms with van der Waals surface area (Å²) in [6.07, 6.45) is 7.90. The lowest BCUT2D eigenvalue weighted by molar-refractivity contribution is 0.196. The molecule has 5 rings (SSSR count). The number of benzene rings is 1. The predicted octanol–water partition coefficient (Wildman–Crippen LogP) is 4.31. The summed E-state index contributed by atoms with van der Waals surface area (Å²) in [4.78, 5) is 7.28. The van der Waals surface area contributed by atoms with Crippen LogP contribution in [0.5, 0.6) is 0 Å². The number of hydrogen-bond acceptors (Lipinski definition) is 5. The molecule has 0 saturated carbocycles. The van der Waals surface area contributed by atoms with Crippen molar-refractivity contribution in [3.8, 4) is 0 Å². The van der Waals surface area contributed by atoms with Crippen molar-refractivity contribution in [1.29, 1.82) is 0 Å². The van der Waals surface area contributed by atoms with Crippen LogP contribution in [0.4, 0.5) is 5.69 Å². The van der Waals surface area contributed by atoms with Gasteiger partial charge >= 0.3 is 0 Å². The van der Waals surface area contributed by atoms with Crippen molar-refractivity contribution in [2.45, 2.75) is 31.8 Å². The van der Waals surface area contributed by atoms with E-state index in [0.29, 0.717) is 5.92 Å². The molecule has 1 atom stereocenters. The Morgan fingerprint density at radius 2 is 2.00 bits per heavy atom. The van der Waals surface area contributed by atoms with Gasteiger partial charge in [-0.25, -0.2) is 9.50 Å². The highest BCUT2D eigenvalue weighted by Crippen LogP contribution is 2.26. The van der Waals surface area contributed by atoms with Crippen LogP contribution in [0.1, 0.15) is 35.7 Å². The molecule has 29 heavy (non-hydrogen) atoms. The molecule has 0 aliphatic carbocycles. The molecule has 1 fully saturated rings. The number of aromatic nitrogens is 3. The summed E-state index contributed by atoms with van der Waals surface area (Å²) in [5.74, 6) is 1.32. The molecule has 1 aliphatic rings. The van der Waals surface area contributed by atoms with Crippen molar-refractivity contribution >= 4 is 11.3 Å². The minimum atomic E-state index is 0.372. The second-order valence-corrected chi connectivity index (χ2v) is 7.74. The molecule has 4 heterocycles. The van der Waals surface area contributed by atoms with Gasteiger partial charge in [0, 0.05) is 31.1 Å². The number of piperidine rings is 1. The molecular weight excluding hydrogens is 362 g/mol. The number of furan rings is 1. The molecule has 1 N–H and O–H groups in total. The molecule has 1 aromatic carbocycles. The lowest BCUT2D eigenvalue weighted by Crippen LogP contribution is -2.34. The Bertz CT molecular complexity index is 1060. The van der Waals surface area contributed by atoms with E-state index in [-0.39, 0.29) is 0 Å². The van der Waals surface area contributed by atoms with E-state index in [9.17, 15) is 0 Å². The Balaban J connectivity index is 1.28. The summed E-state index contributed by atoms with van der Waals surface area (Å²) in [7, 11) is 0. The monoisotopic (exact) mass is 387 g/mol. The van der Waals surface area contributed by atoms with E-state index in [1.165, 1.54) is 17.5 Å². The van der Waals surface area contributed by atoms with Gasteiger partial charge in [-0.15, -0.1) is 0 Å². The van der Waals surface area contributed by atoms with Gasteiger partial charge in [0.2, 0.25) is 0 Å². The zero-order valence-corrected chi connectivity index (χ0v) is 16.4.